The van der Waals surface area contributed by atoms with Crippen molar-refractivity contribution in [3.63, 3.8) is 0 Å². The summed E-state index contributed by atoms with van der Waals surface area (Å²) < 4.78 is 0.702. The molecule has 1 aromatic heterocycles. The quantitative estimate of drug-likeness (QED) is 0.530. The van der Waals surface area contributed by atoms with Crippen LogP contribution in [0.4, 0.5) is 5.13 Å². The van der Waals surface area contributed by atoms with Crippen molar-refractivity contribution in [3.8, 4) is 0 Å². The summed E-state index contributed by atoms with van der Waals surface area (Å²) >= 11 is 2.67. The van der Waals surface area contributed by atoms with E-state index < -0.39 is 0 Å². The molecule has 0 saturated carbocycles. The number of hydrazine groups is 1. The monoisotopic (exact) mass is 461 g/mol. The molecule has 3 aromatic rings. The lowest BCUT2D eigenvalue weighted by Gasteiger charge is -2.26. The second-order valence-corrected chi connectivity index (χ2v) is 9.95. The fraction of sp³-hybridized carbons (Fsp3) is 0.208. The van der Waals surface area contributed by atoms with Gasteiger partial charge >= 0.3 is 0 Å². The molecule has 1 amide bonds. The van der Waals surface area contributed by atoms with Gasteiger partial charge in [0.2, 0.25) is 5.13 Å². The Hall–Kier alpha value is -3.10. The minimum atomic E-state index is -0.113. The number of nitrogens with two attached hydrogens (primary N) is 1. The summed E-state index contributed by atoms with van der Waals surface area (Å²) in [7, 11) is 0. The number of aromatic nitrogens is 2. The lowest BCUT2D eigenvalue weighted by molar-refractivity contribution is -0.131. The normalized spacial score (nSPS) is 19.2. The van der Waals surface area contributed by atoms with Crippen molar-refractivity contribution >= 4 is 40.2 Å². The van der Waals surface area contributed by atoms with E-state index >= 15 is 0 Å². The van der Waals surface area contributed by atoms with E-state index in [1.54, 1.807) is 5.01 Å². The summed E-state index contributed by atoms with van der Waals surface area (Å²) in [5.74, 6) is 0.273. The molecule has 1 aliphatic heterocycles. The number of carbonyl (C=O) groups excluding carboxylic acids is 1. The van der Waals surface area contributed by atoms with Gasteiger partial charge in [-0.25, -0.2) is 5.01 Å². The van der Waals surface area contributed by atoms with Crippen LogP contribution < -0.4 is 11.2 Å². The van der Waals surface area contributed by atoms with Gasteiger partial charge in [0.1, 0.15) is 6.04 Å². The van der Waals surface area contributed by atoms with Crippen molar-refractivity contribution in [1.29, 1.82) is 0 Å². The highest BCUT2D eigenvalue weighted by Crippen LogP contribution is 2.44. The molecule has 5 rings (SSSR count). The lowest BCUT2D eigenvalue weighted by Crippen LogP contribution is -2.41. The summed E-state index contributed by atoms with van der Waals surface area (Å²) in [6, 6.07) is 20.5. The van der Waals surface area contributed by atoms with E-state index in [-0.39, 0.29) is 17.7 Å². The highest BCUT2D eigenvalue weighted by molar-refractivity contribution is 8.01. The molecule has 3 N–H and O–H groups in total. The third kappa shape index (κ3) is 4.28. The van der Waals surface area contributed by atoms with Crippen molar-refractivity contribution < 1.29 is 4.79 Å². The van der Waals surface area contributed by atoms with Crippen LogP contribution in [0.5, 0.6) is 0 Å². The number of allylic oxidation sites excluding steroid dienone is 1. The number of hydrogen-bond acceptors (Lipinski definition) is 7. The molecule has 8 heteroatoms. The van der Waals surface area contributed by atoms with Gasteiger partial charge in [0.25, 0.3) is 5.91 Å². The van der Waals surface area contributed by atoms with Gasteiger partial charge in [-0.3, -0.25) is 10.2 Å². The molecule has 1 atom stereocenters. The minimum absolute atomic E-state index is 0.00563. The summed E-state index contributed by atoms with van der Waals surface area (Å²) in [5, 5.41) is 10.1. The average molecular weight is 462 g/mol. The SMILES string of the molecule is Nc1nnc(SCC(=O)N2NC3=C(CCC/C3=C\c3ccccc3)[C@H]2c2ccccc2)s1. The number of benzene rings is 2. The summed E-state index contributed by atoms with van der Waals surface area (Å²) in [6.07, 6.45) is 5.26. The Bertz CT molecular complexity index is 1170. The van der Waals surface area contributed by atoms with E-state index in [0.29, 0.717) is 9.47 Å². The van der Waals surface area contributed by atoms with Gasteiger partial charge in [0, 0.05) is 0 Å². The van der Waals surface area contributed by atoms with Gasteiger partial charge in [0.05, 0.1) is 11.4 Å². The zero-order valence-electron chi connectivity index (χ0n) is 17.4. The lowest BCUT2D eigenvalue weighted by atomic mass is 9.86. The Kier molecular flexibility index (Phi) is 5.96. The molecule has 32 heavy (non-hydrogen) atoms. The third-order valence-electron chi connectivity index (χ3n) is 5.62. The van der Waals surface area contributed by atoms with Crippen LogP contribution >= 0.6 is 23.1 Å². The zero-order chi connectivity index (χ0) is 21.9. The van der Waals surface area contributed by atoms with E-state index in [2.05, 4.69) is 46.0 Å². The topological polar surface area (TPSA) is 84.1 Å². The molecule has 1 aliphatic carbocycles. The second-order valence-electron chi connectivity index (χ2n) is 7.72. The Morgan fingerprint density at radius 1 is 1.12 bits per heavy atom. The maximum Gasteiger partial charge on any atom is 0.252 e. The molecule has 0 spiro atoms. The molecule has 0 unspecified atom stereocenters. The van der Waals surface area contributed by atoms with Crippen LogP contribution in [0.25, 0.3) is 6.08 Å². The Morgan fingerprint density at radius 2 is 1.88 bits per heavy atom. The standard InChI is InChI=1S/C24H23N5OS2/c25-23-26-27-24(32-23)31-15-20(30)29-22(17-10-5-2-6-11-17)19-13-7-12-18(21(19)28-29)14-16-8-3-1-4-9-16/h1-6,8-11,14,22,28H,7,12-13,15H2,(H2,25,26)/b18-14+/t22-/m1/s1. The number of rotatable bonds is 5. The second kappa shape index (κ2) is 9.18. The first-order chi connectivity index (χ1) is 15.7. The number of thioether (sulfide) groups is 1. The molecule has 0 fully saturated rings. The minimum Gasteiger partial charge on any atom is -0.374 e. The number of anilines is 1. The van der Waals surface area contributed by atoms with E-state index in [1.165, 1.54) is 39.8 Å². The van der Waals surface area contributed by atoms with Crippen LogP contribution in [0.1, 0.15) is 36.4 Å². The zero-order valence-corrected chi connectivity index (χ0v) is 19.0. The largest absolute Gasteiger partial charge is 0.374 e. The van der Waals surface area contributed by atoms with Gasteiger partial charge in [0.15, 0.2) is 4.34 Å². The number of carbonyl (C=O) groups is 1. The van der Waals surface area contributed by atoms with Crippen LogP contribution in [-0.2, 0) is 4.79 Å². The number of amides is 1. The predicted molar refractivity (Wildman–Crippen MR) is 130 cm³/mol. The smallest absolute Gasteiger partial charge is 0.252 e. The molecule has 0 radical (unpaired) electrons. The fourth-order valence-electron chi connectivity index (χ4n) is 4.24. The first kappa shape index (κ1) is 20.8. The van der Waals surface area contributed by atoms with Crippen LogP contribution in [0.3, 0.4) is 0 Å². The van der Waals surface area contributed by atoms with E-state index in [9.17, 15) is 4.79 Å². The van der Waals surface area contributed by atoms with E-state index in [4.69, 9.17) is 5.73 Å². The van der Waals surface area contributed by atoms with E-state index in [0.717, 1.165) is 30.5 Å². The number of nitrogens with one attached hydrogen (secondary N) is 1. The number of hydrogen-bond donors (Lipinski definition) is 2. The van der Waals surface area contributed by atoms with Crippen molar-refractivity contribution in [1.82, 2.24) is 20.6 Å². The van der Waals surface area contributed by atoms with Crippen LogP contribution in [0.2, 0.25) is 0 Å². The first-order valence-electron chi connectivity index (χ1n) is 10.5. The van der Waals surface area contributed by atoms with Gasteiger partial charge in [-0.2, -0.15) is 0 Å². The molecular formula is C24H23N5OS2. The Labute approximate surface area is 195 Å². The fourth-order valence-corrected chi connectivity index (χ4v) is 5.74. The molecule has 0 saturated heterocycles. The third-order valence-corrected chi connectivity index (χ3v) is 7.49. The number of nitrogen functional groups attached to an aromatic ring is 1. The van der Waals surface area contributed by atoms with E-state index in [1.807, 2.05) is 36.4 Å². The molecular weight excluding hydrogens is 438 g/mol. The molecule has 2 aliphatic rings. The summed E-state index contributed by atoms with van der Waals surface area (Å²) in [5.41, 5.74) is 15.1. The van der Waals surface area contributed by atoms with Crippen molar-refractivity contribution in [2.24, 2.45) is 0 Å². The van der Waals surface area contributed by atoms with Crippen molar-refractivity contribution in [3.05, 3.63) is 88.6 Å². The summed E-state index contributed by atoms with van der Waals surface area (Å²) in [6.45, 7) is 0. The maximum atomic E-state index is 13.3. The Balaban J connectivity index is 1.45. The average Bonchev–Trinajstić information content (AvgIpc) is 3.43. The molecule has 162 valence electrons. The van der Waals surface area contributed by atoms with Gasteiger partial charge in [-0.15, -0.1) is 10.2 Å². The van der Waals surface area contributed by atoms with Crippen LogP contribution in [-0.4, -0.2) is 26.9 Å². The highest BCUT2D eigenvalue weighted by atomic mass is 32.2. The van der Waals surface area contributed by atoms with Gasteiger partial charge < -0.3 is 5.73 Å². The number of nitrogens with zero attached hydrogens (tertiary/aromatic N) is 3. The Morgan fingerprint density at radius 3 is 2.59 bits per heavy atom. The van der Waals surface area contributed by atoms with Gasteiger partial charge in [-0.1, -0.05) is 83.8 Å². The van der Waals surface area contributed by atoms with Crippen molar-refractivity contribution in [2.45, 2.75) is 29.6 Å². The van der Waals surface area contributed by atoms with Crippen LogP contribution in [0.15, 0.2) is 81.8 Å². The van der Waals surface area contributed by atoms with Gasteiger partial charge in [-0.05, 0) is 47.6 Å². The predicted octanol–water partition coefficient (Wildman–Crippen LogP) is 4.82. The first-order valence-corrected chi connectivity index (χ1v) is 12.3. The molecule has 2 aromatic carbocycles. The molecule has 0 bridgehead atoms. The molecule has 2 heterocycles. The summed E-state index contributed by atoms with van der Waals surface area (Å²) in [4.78, 5) is 13.3. The maximum absolute atomic E-state index is 13.3. The molecule has 6 nitrogen and oxygen atoms in total. The highest BCUT2D eigenvalue weighted by Gasteiger charge is 2.39. The van der Waals surface area contributed by atoms with Crippen LogP contribution in [0, 0.1) is 0 Å². The van der Waals surface area contributed by atoms with Crippen molar-refractivity contribution in [2.75, 3.05) is 11.5 Å².